The summed E-state index contributed by atoms with van der Waals surface area (Å²) in [5.74, 6) is -0.169. The molecule has 0 unspecified atom stereocenters. The number of nitrogens with one attached hydrogen (secondary N) is 2. The van der Waals surface area contributed by atoms with Crippen LogP contribution in [0.5, 0.6) is 0 Å². The number of urea groups is 1. The Morgan fingerprint density at radius 3 is 2.22 bits per heavy atom. The molecule has 1 aromatic carbocycles. The lowest BCUT2D eigenvalue weighted by molar-refractivity contribution is -0.157. The maximum atomic E-state index is 12.3. The quantitative estimate of drug-likeness (QED) is 0.742. The molecule has 0 aliphatic rings. The van der Waals surface area contributed by atoms with Gasteiger partial charge in [-0.05, 0) is 57.4 Å². The van der Waals surface area contributed by atoms with Crippen LogP contribution >= 0.6 is 15.9 Å². The van der Waals surface area contributed by atoms with E-state index in [0.717, 1.165) is 4.47 Å². The maximum absolute atomic E-state index is 12.3. The lowest BCUT2D eigenvalue weighted by atomic mass is 10.0. The van der Waals surface area contributed by atoms with E-state index < -0.39 is 23.6 Å². The zero-order valence-corrected chi connectivity index (χ0v) is 15.9. The Morgan fingerprint density at radius 2 is 1.74 bits per heavy atom. The summed E-state index contributed by atoms with van der Waals surface area (Å²) in [7, 11) is 0. The maximum Gasteiger partial charge on any atom is 0.329 e. The van der Waals surface area contributed by atoms with Crippen molar-refractivity contribution in [2.75, 3.05) is 5.32 Å². The van der Waals surface area contributed by atoms with Gasteiger partial charge in [-0.2, -0.15) is 0 Å². The first-order valence-electron chi connectivity index (χ1n) is 7.63. The number of benzene rings is 1. The molecular formula is C17H25BrN2O3. The van der Waals surface area contributed by atoms with Gasteiger partial charge in [0.25, 0.3) is 0 Å². The third kappa shape index (κ3) is 8.02. The minimum absolute atomic E-state index is 0.250. The molecule has 128 valence electrons. The van der Waals surface area contributed by atoms with Crippen LogP contribution in [0.1, 0.15) is 41.0 Å². The molecule has 0 spiro atoms. The summed E-state index contributed by atoms with van der Waals surface area (Å²) in [6, 6.07) is 6.10. The standard InChI is InChI=1S/C17H25BrN2O3/c1-11(2)10-14(15(21)23-17(3,4)5)20-16(22)19-13-8-6-12(18)7-9-13/h6-9,11,14H,10H2,1-5H3,(H2,19,20,22)/t14-/m1/s1. The van der Waals surface area contributed by atoms with Gasteiger partial charge in [-0.3, -0.25) is 0 Å². The van der Waals surface area contributed by atoms with Crippen molar-refractivity contribution in [3.05, 3.63) is 28.7 Å². The number of hydrogen-bond donors (Lipinski definition) is 2. The molecule has 6 heteroatoms. The summed E-state index contributed by atoms with van der Waals surface area (Å²) in [5.41, 5.74) is 0.0640. The van der Waals surface area contributed by atoms with Gasteiger partial charge in [0.1, 0.15) is 11.6 Å². The molecular weight excluding hydrogens is 360 g/mol. The van der Waals surface area contributed by atoms with Crippen LogP contribution in [-0.2, 0) is 9.53 Å². The van der Waals surface area contributed by atoms with Gasteiger partial charge in [0.15, 0.2) is 0 Å². The Labute approximate surface area is 146 Å². The lowest BCUT2D eigenvalue weighted by Crippen LogP contribution is -2.46. The number of esters is 1. The zero-order valence-electron chi connectivity index (χ0n) is 14.3. The number of carbonyl (C=O) groups excluding carboxylic acids is 2. The third-order valence-corrected chi connectivity index (χ3v) is 3.33. The van der Waals surface area contributed by atoms with Crippen LogP contribution in [-0.4, -0.2) is 23.6 Å². The van der Waals surface area contributed by atoms with Crippen molar-refractivity contribution in [3.63, 3.8) is 0 Å². The monoisotopic (exact) mass is 384 g/mol. The number of hydrogen-bond acceptors (Lipinski definition) is 3. The fourth-order valence-corrected chi connectivity index (χ4v) is 2.18. The second-order valence-electron chi connectivity index (χ2n) is 6.82. The first-order valence-corrected chi connectivity index (χ1v) is 8.42. The Hall–Kier alpha value is -1.56. The largest absolute Gasteiger partial charge is 0.458 e. The van der Waals surface area contributed by atoms with Gasteiger partial charge in [0.2, 0.25) is 0 Å². The number of amides is 2. The van der Waals surface area contributed by atoms with E-state index in [1.807, 2.05) is 26.0 Å². The number of anilines is 1. The molecule has 0 saturated heterocycles. The molecule has 0 bridgehead atoms. The summed E-state index contributed by atoms with van der Waals surface area (Å²) in [6.07, 6.45) is 0.517. The van der Waals surface area contributed by atoms with Crippen molar-refractivity contribution in [1.29, 1.82) is 0 Å². The highest BCUT2D eigenvalue weighted by atomic mass is 79.9. The third-order valence-electron chi connectivity index (χ3n) is 2.81. The number of halogens is 1. The second-order valence-corrected chi connectivity index (χ2v) is 7.74. The smallest absolute Gasteiger partial charge is 0.329 e. The molecule has 2 amide bonds. The molecule has 0 aliphatic heterocycles. The van der Waals surface area contributed by atoms with E-state index >= 15 is 0 Å². The zero-order chi connectivity index (χ0) is 17.6. The molecule has 1 atom stereocenters. The van der Waals surface area contributed by atoms with Gasteiger partial charge in [-0.15, -0.1) is 0 Å². The van der Waals surface area contributed by atoms with Crippen LogP contribution in [0.3, 0.4) is 0 Å². The van der Waals surface area contributed by atoms with E-state index in [4.69, 9.17) is 4.74 Å². The van der Waals surface area contributed by atoms with E-state index in [-0.39, 0.29) is 5.92 Å². The number of rotatable bonds is 5. The first-order chi connectivity index (χ1) is 10.6. The molecule has 2 N–H and O–H groups in total. The predicted octanol–water partition coefficient (Wildman–Crippen LogP) is 4.33. The minimum atomic E-state index is -0.676. The molecule has 0 radical (unpaired) electrons. The van der Waals surface area contributed by atoms with Crippen LogP contribution in [0.15, 0.2) is 28.7 Å². The Kier molecular flexibility index (Phi) is 7.06. The van der Waals surface area contributed by atoms with Crippen LogP contribution in [0, 0.1) is 5.92 Å². The van der Waals surface area contributed by atoms with Crippen molar-refractivity contribution in [2.24, 2.45) is 5.92 Å². The minimum Gasteiger partial charge on any atom is -0.458 e. The summed E-state index contributed by atoms with van der Waals surface area (Å²) in [6.45, 7) is 9.40. The second kappa shape index (κ2) is 8.34. The summed E-state index contributed by atoms with van der Waals surface area (Å²) in [5, 5.41) is 5.41. The molecule has 0 aromatic heterocycles. The molecule has 0 saturated carbocycles. The summed E-state index contributed by atoms with van der Waals surface area (Å²) in [4.78, 5) is 24.4. The molecule has 0 heterocycles. The molecule has 0 aliphatic carbocycles. The van der Waals surface area contributed by atoms with Gasteiger partial charge in [0.05, 0.1) is 0 Å². The van der Waals surface area contributed by atoms with Crippen LogP contribution in [0.4, 0.5) is 10.5 Å². The van der Waals surface area contributed by atoms with Gasteiger partial charge < -0.3 is 15.4 Å². The molecule has 1 aromatic rings. The van der Waals surface area contributed by atoms with Crippen molar-refractivity contribution in [2.45, 2.75) is 52.7 Å². The predicted molar refractivity (Wildman–Crippen MR) is 95.4 cm³/mol. The summed E-state index contributed by atoms with van der Waals surface area (Å²) >= 11 is 3.34. The van der Waals surface area contributed by atoms with E-state index in [1.165, 1.54) is 0 Å². The molecule has 5 nitrogen and oxygen atoms in total. The lowest BCUT2D eigenvalue weighted by Gasteiger charge is -2.25. The molecule has 1 rings (SSSR count). The summed E-state index contributed by atoms with van der Waals surface area (Å²) < 4.78 is 6.31. The van der Waals surface area contributed by atoms with Gasteiger partial charge in [0, 0.05) is 10.2 Å². The van der Waals surface area contributed by atoms with Crippen LogP contribution in [0.25, 0.3) is 0 Å². The first kappa shape index (κ1) is 19.5. The highest BCUT2D eigenvalue weighted by Gasteiger charge is 2.27. The van der Waals surface area contributed by atoms with E-state index in [1.54, 1.807) is 32.9 Å². The van der Waals surface area contributed by atoms with E-state index in [0.29, 0.717) is 12.1 Å². The van der Waals surface area contributed by atoms with Gasteiger partial charge in [-0.1, -0.05) is 29.8 Å². The number of carbonyl (C=O) groups is 2. The molecule has 23 heavy (non-hydrogen) atoms. The fourth-order valence-electron chi connectivity index (χ4n) is 1.92. The van der Waals surface area contributed by atoms with Gasteiger partial charge in [-0.25, -0.2) is 9.59 Å². The van der Waals surface area contributed by atoms with Gasteiger partial charge >= 0.3 is 12.0 Å². The van der Waals surface area contributed by atoms with Crippen molar-refractivity contribution in [3.8, 4) is 0 Å². The van der Waals surface area contributed by atoms with Crippen LogP contribution in [0.2, 0.25) is 0 Å². The average molecular weight is 385 g/mol. The SMILES string of the molecule is CC(C)C[C@@H](NC(=O)Nc1ccc(Br)cc1)C(=O)OC(C)(C)C. The van der Waals surface area contributed by atoms with Crippen molar-refractivity contribution in [1.82, 2.24) is 5.32 Å². The normalized spacial score (nSPS) is 12.7. The highest BCUT2D eigenvalue weighted by Crippen LogP contribution is 2.15. The van der Waals surface area contributed by atoms with E-state index in [9.17, 15) is 9.59 Å². The fraction of sp³-hybridized carbons (Fsp3) is 0.529. The Morgan fingerprint density at radius 1 is 1.17 bits per heavy atom. The molecule has 0 fully saturated rings. The van der Waals surface area contributed by atoms with Crippen molar-refractivity contribution < 1.29 is 14.3 Å². The highest BCUT2D eigenvalue weighted by molar-refractivity contribution is 9.10. The van der Waals surface area contributed by atoms with Crippen LogP contribution < -0.4 is 10.6 Å². The Bertz CT molecular complexity index is 536. The average Bonchev–Trinajstić information content (AvgIpc) is 2.38. The number of ether oxygens (including phenoxy) is 1. The van der Waals surface area contributed by atoms with Crippen molar-refractivity contribution >= 4 is 33.6 Å². The van der Waals surface area contributed by atoms with E-state index in [2.05, 4.69) is 26.6 Å². The topological polar surface area (TPSA) is 67.4 Å². The Balaban J connectivity index is 2.70.